The number of nitrogens with zero attached hydrogens (tertiary/aromatic N) is 2. The van der Waals surface area contributed by atoms with Gasteiger partial charge >= 0.3 is 0 Å². The molecule has 0 spiro atoms. The molecule has 2 rings (SSSR count). The lowest BCUT2D eigenvalue weighted by molar-refractivity contribution is 0.0592. The van der Waals surface area contributed by atoms with Crippen molar-refractivity contribution in [3.05, 3.63) is 35.9 Å². The molecule has 104 valence electrons. The zero-order valence-electron chi connectivity index (χ0n) is 12.2. The number of benzene rings is 1. The van der Waals surface area contributed by atoms with Crippen molar-refractivity contribution in [3.8, 4) is 0 Å². The van der Waals surface area contributed by atoms with Crippen molar-refractivity contribution in [2.75, 3.05) is 32.7 Å². The maximum Gasteiger partial charge on any atom is 0.253 e. The Bertz CT molecular complexity index is 414. The zero-order chi connectivity index (χ0) is 13.9. The van der Waals surface area contributed by atoms with E-state index in [1.807, 2.05) is 35.2 Å². The van der Waals surface area contributed by atoms with Crippen molar-refractivity contribution in [1.82, 2.24) is 9.80 Å². The summed E-state index contributed by atoms with van der Waals surface area (Å²) in [5.74, 6) is 0.163. The predicted octanol–water partition coefficient (Wildman–Crippen LogP) is 2.49. The van der Waals surface area contributed by atoms with E-state index < -0.39 is 0 Å². The van der Waals surface area contributed by atoms with Crippen LogP contribution in [0.25, 0.3) is 0 Å². The van der Waals surface area contributed by atoms with Gasteiger partial charge in [-0.15, -0.1) is 0 Å². The van der Waals surface area contributed by atoms with Crippen LogP contribution in [0.2, 0.25) is 0 Å². The second kappa shape index (κ2) is 5.74. The molecule has 1 aliphatic heterocycles. The second-order valence-electron chi connectivity index (χ2n) is 6.50. The SMILES string of the molecule is CC(C)(C)CN1CCN(C(=O)c2ccccc2)CC1. The fourth-order valence-electron chi connectivity index (χ4n) is 2.54. The maximum atomic E-state index is 12.3. The molecular weight excluding hydrogens is 236 g/mol. The smallest absolute Gasteiger partial charge is 0.253 e. The molecule has 19 heavy (non-hydrogen) atoms. The molecule has 1 fully saturated rings. The molecule has 0 N–H and O–H groups in total. The zero-order valence-corrected chi connectivity index (χ0v) is 12.2. The van der Waals surface area contributed by atoms with E-state index in [2.05, 4.69) is 25.7 Å². The molecular formula is C16H24N2O. The molecule has 0 aromatic heterocycles. The van der Waals surface area contributed by atoms with Gasteiger partial charge in [-0.1, -0.05) is 39.0 Å². The molecule has 0 unspecified atom stereocenters. The van der Waals surface area contributed by atoms with Gasteiger partial charge in [0.25, 0.3) is 5.91 Å². The minimum Gasteiger partial charge on any atom is -0.336 e. The third kappa shape index (κ3) is 4.06. The molecule has 0 atom stereocenters. The van der Waals surface area contributed by atoms with Crippen molar-refractivity contribution >= 4 is 5.91 Å². The highest BCUT2D eigenvalue weighted by atomic mass is 16.2. The minimum atomic E-state index is 0.163. The molecule has 1 heterocycles. The molecule has 1 aromatic rings. The molecule has 1 aliphatic rings. The highest BCUT2D eigenvalue weighted by molar-refractivity contribution is 5.94. The first-order valence-corrected chi connectivity index (χ1v) is 7.02. The van der Waals surface area contributed by atoms with E-state index in [4.69, 9.17) is 0 Å². The number of rotatable bonds is 2. The van der Waals surface area contributed by atoms with E-state index in [-0.39, 0.29) is 5.91 Å². The normalized spacial score (nSPS) is 17.5. The van der Waals surface area contributed by atoms with Crippen LogP contribution in [-0.2, 0) is 0 Å². The molecule has 1 aromatic carbocycles. The van der Waals surface area contributed by atoms with Crippen LogP contribution >= 0.6 is 0 Å². The van der Waals surface area contributed by atoms with Crippen molar-refractivity contribution < 1.29 is 4.79 Å². The number of hydrogen-bond donors (Lipinski definition) is 0. The van der Waals surface area contributed by atoms with Crippen LogP contribution in [0.15, 0.2) is 30.3 Å². The lowest BCUT2D eigenvalue weighted by Crippen LogP contribution is -2.50. The van der Waals surface area contributed by atoms with Gasteiger partial charge in [0, 0.05) is 38.3 Å². The Morgan fingerprint density at radius 2 is 1.63 bits per heavy atom. The average Bonchev–Trinajstić information content (AvgIpc) is 2.38. The van der Waals surface area contributed by atoms with Gasteiger partial charge < -0.3 is 4.90 Å². The third-order valence-electron chi connectivity index (χ3n) is 3.38. The fraction of sp³-hybridized carbons (Fsp3) is 0.562. The first kappa shape index (κ1) is 14.1. The molecule has 3 heteroatoms. The standard InChI is InChI=1S/C16H24N2O/c1-16(2,3)13-17-9-11-18(12-10-17)15(19)14-7-5-4-6-8-14/h4-8H,9-13H2,1-3H3. The molecule has 3 nitrogen and oxygen atoms in total. The Morgan fingerprint density at radius 3 is 2.16 bits per heavy atom. The summed E-state index contributed by atoms with van der Waals surface area (Å²) >= 11 is 0. The van der Waals surface area contributed by atoms with Gasteiger partial charge in [0.05, 0.1) is 0 Å². The van der Waals surface area contributed by atoms with Crippen LogP contribution in [0, 0.1) is 5.41 Å². The maximum absolute atomic E-state index is 12.3. The Kier molecular flexibility index (Phi) is 4.25. The van der Waals surface area contributed by atoms with Crippen LogP contribution in [-0.4, -0.2) is 48.4 Å². The van der Waals surface area contributed by atoms with E-state index in [1.165, 1.54) is 0 Å². The number of piperazine rings is 1. The summed E-state index contributed by atoms with van der Waals surface area (Å²) in [7, 11) is 0. The third-order valence-corrected chi connectivity index (χ3v) is 3.38. The fourth-order valence-corrected chi connectivity index (χ4v) is 2.54. The number of carbonyl (C=O) groups excluding carboxylic acids is 1. The largest absolute Gasteiger partial charge is 0.336 e. The van der Waals surface area contributed by atoms with Crippen molar-refractivity contribution in [1.29, 1.82) is 0 Å². The van der Waals surface area contributed by atoms with E-state index in [9.17, 15) is 4.79 Å². The van der Waals surface area contributed by atoms with Gasteiger partial charge in [0.15, 0.2) is 0 Å². The van der Waals surface area contributed by atoms with Gasteiger partial charge in [0.2, 0.25) is 0 Å². The lowest BCUT2D eigenvalue weighted by Gasteiger charge is -2.37. The van der Waals surface area contributed by atoms with Crippen LogP contribution in [0.1, 0.15) is 31.1 Å². The quantitative estimate of drug-likeness (QED) is 0.815. The lowest BCUT2D eigenvalue weighted by atomic mass is 9.96. The van der Waals surface area contributed by atoms with Crippen molar-refractivity contribution in [2.45, 2.75) is 20.8 Å². The first-order chi connectivity index (χ1) is 8.96. The van der Waals surface area contributed by atoms with Gasteiger partial charge in [-0.2, -0.15) is 0 Å². The van der Waals surface area contributed by atoms with Crippen LogP contribution in [0.4, 0.5) is 0 Å². The van der Waals surface area contributed by atoms with Crippen molar-refractivity contribution in [2.24, 2.45) is 5.41 Å². The topological polar surface area (TPSA) is 23.6 Å². The van der Waals surface area contributed by atoms with Crippen LogP contribution in [0.5, 0.6) is 0 Å². The van der Waals surface area contributed by atoms with Gasteiger partial charge in [-0.3, -0.25) is 9.69 Å². The Labute approximate surface area is 116 Å². The Morgan fingerprint density at radius 1 is 1.05 bits per heavy atom. The molecule has 1 saturated heterocycles. The molecule has 0 bridgehead atoms. The summed E-state index contributed by atoms with van der Waals surface area (Å²) in [6.07, 6.45) is 0. The van der Waals surface area contributed by atoms with E-state index in [0.717, 1.165) is 38.3 Å². The molecule has 1 amide bonds. The summed E-state index contributed by atoms with van der Waals surface area (Å²) < 4.78 is 0. The first-order valence-electron chi connectivity index (χ1n) is 7.02. The second-order valence-corrected chi connectivity index (χ2v) is 6.50. The Hall–Kier alpha value is -1.35. The van der Waals surface area contributed by atoms with E-state index >= 15 is 0 Å². The monoisotopic (exact) mass is 260 g/mol. The van der Waals surface area contributed by atoms with Gasteiger partial charge in [0.1, 0.15) is 0 Å². The summed E-state index contributed by atoms with van der Waals surface area (Å²) in [4.78, 5) is 16.7. The number of hydrogen-bond acceptors (Lipinski definition) is 2. The number of amides is 1. The molecule has 0 saturated carbocycles. The van der Waals surface area contributed by atoms with E-state index in [0.29, 0.717) is 5.41 Å². The minimum absolute atomic E-state index is 0.163. The summed E-state index contributed by atoms with van der Waals surface area (Å²) in [6, 6.07) is 9.57. The molecule has 0 radical (unpaired) electrons. The molecule has 0 aliphatic carbocycles. The van der Waals surface area contributed by atoms with Crippen LogP contribution in [0.3, 0.4) is 0 Å². The highest BCUT2D eigenvalue weighted by Gasteiger charge is 2.24. The highest BCUT2D eigenvalue weighted by Crippen LogP contribution is 2.17. The Balaban J connectivity index is 1.88. The van der Waals surface area contributed by atoms with Crippen molar-refractivity contribution in [3.63, 3.8) is 0 Å². The average molecular weight is 260 g/mol. The van der Waals surface area contributed by atoms with E-state index in [1.54, 1.807) is 0 Å². The number of carbonyl (C=O) groups is 1. The summed E-state index contributed by atoms with van der Waals surface area (Å²) in [6.45, 7) is 11.5. The van der Waals surface area contributed by atoms with Crippen LogP contribution < -0.4 is 0 Å². The van der Waals surface area contributed by atoms with Gasteiger partial charge in [-0.05, 0) is 17.5 Å². The predicted molar refractivity (Wildman–Crippen MR) is 78.2 cm³/mol. The summed E-state index contributed by atoms with van der Waals surface area (Å²) in [5.41, 5.74) is 1.12. The van der Waals surface area contributed by atoms with Gasteiger partial charge in [-0.25, -0.2) is 0 Å². The summed E-state index contributed by atoms with van der Waals surface area (Å²) in [5, 5.41) is 0.